The SMILES string of the molecule is CCNc1nnc(-c2ccc(CN3CCCCCC3)s2)s1. The molecule has 0 aromatic carbocycles. The lowest BCUT2D eigenvalue weighted by atomic mass is 10.2. The number of aromatic nitrogens is 2. The van der Waals surface area contributed by atoms with E-state index in [2.05, 4.69) is 39.5 Å². The molecule has 1 saturated heterocycles. The van der Waals surface area contributed by atoms with Crippen molar-refractivity contribution in [3.8, 4) is 9.88 Å². The van der Waals surface area contributed by atoms with Gasteiger partial charge in [0.25, 0.3) is 0 Å². The van der Waals surface area contributed by atoms with E-state index in [1.54, 1.807) is 11.3 Å². The lowest BCUT2D eigenvalue weighted by Crippen LogP contribution is -2.23. The van der Waals surface area contributed by atoms with Crippen LogP contribution in [0.1, 0.15) is 37.5 Å². The molecule has 1 aliphatic heterocycles. The molecule has 1 N–H and O–H groups in total. The van der Waals surface area contributed by atoms with Crippen molar-refractivity contribution in [2.75, 3.05) is 25.0 Å². The molecule has 0 saturated carbocycles. The Morgan fingerprint density at radius 3 is 2.67 bits per heavy atom. The first-order valence-corrected chi connectivity index (χ1v) is 9.37. The largest absolute Gasteiger partial charge is 0.360 e. The van der Waals surface area contributed by atoms with Gasteiger partial charge in [0.05, 0.1) is 4.88 Å². The molecule has 0 unspecified atom stereocenters. The minimum absolute atomic E-state index is 0.888. The van der Waals surface area contributed by atoms with Crippen molar-refractivity contribution in [3.05, 3.63) is 17.0 Å². The molecule has 0 spiro atoms. The molecule has 114 valence electrons. The second-order valence-corrected chi connectivity index (χ2v) is 7.54. The van der Waals surface area contributed by atoms with Gasteiger partial charge in [0.15, 0.2) is 5.01 Å². The third kappa shape index (κ3) is 4.02. The number of nitrogens with zero attached hydrogens (tertiary/aromatic N) is 3. The number of rotatable bonds is 5. The summed E-state index contributed by atoms with van der Waals surface area (Å²) in [6, 6.07) is 4.44. The number of likely N-dealkylation sites (tertiary alicyclic amines) is 1. The molecule has 0 radical (unpaired) electrons. The second kappa shape index (κ2) is 7.33. The van der Waals surface area contributed by atoms with Gasteiger partial charge >= 0.3 is 0 Å². The molecule has 1 aliphatic rings. The number of hydrogen-bond acceptors (Lipinski definition) is 6. The van der Waals surface area contributed by atoms with Crippen LogP contribution in [0.15, 0.2) is 12.1 Å². The molecule has 0 amide bonds. The molecule has 3 rings (SSSR count). The summed E-state index contributed by atoms with van der Waals surface area (Å²) in [6.07, 6.45) is 5.48. The third-order valence-corrected chi connectivity index (χ3v) is 5.82. The lowest BCUT2D eigenvalue weighted by molar-refractivity contribution is 0.279. The van der Waals surface area contributed by atoms with Crippen LogP contribution >= 0.6 is 22.7 Å². The van der Waals surface area contributed by atoms with E-state index in [0.29, 0.717) is 0 Å². The van der Waals surface area contributed by atoms with Gasteiger partial charge in [0.1, 0.15) is 0 Å². The highest BCUT2D eigenvalue weighted by molar-refractivity contribution is 7.23. The fourth-order valence-electron chi connectivity index (χ4n) is 2.64. The molecule has 0 atom stereocenters. The fourth-order valence-corrected chi connectivity index (χ4v) is 4.55. The summed E-state index contributed by atoms with van der Waals surface area (Å²) >= 11 is 3.49. The standard InChI is InChI=1S/C15H22N4S2/c1-2-16-15-18-17-14(21-15)13-8-7-12(20-13)11-19-9-5-3-4-6-10-19/h7-8H,2-6,9-11H2,1H3,(H,16,18). The molecule has 4 nitrogen and oxygen atoms in total. The van der Waals surface area contributed by atoms with Crippen molar-refractivity contribution < 1.29 is 0 Å². The molecular weight excluding hydrogens is 300 g/mol. The molecule has 1 fully saturated rings. The van der Waals surface area contributed by atoms with Crippen LogP contribution in [-0.4, -0.2) is 34.7 Å². The average molecular weight is 323 g/mol. The highest BCUT2D eigenvalue weighted by Gasteiger charge is 2.13. The van der Waals surface area contributed by atoms with Crippen molar-refractivity contribution in [3.63, 3.8) is 0 Å². The smallest absolute Gasteiger partial charge is 0.206 e. The second-order valence-electron chi connectivity index (χ2n) is 5.40. The van der Waals surface area contributed by atoms with Gasteiger partial charge in [-0.3, -0.25) is 4.90 Å². The van der Waals surface area contributed by atoms with E-state index in [4.69, 9.17) is 0 Å². The van der Waals surface area contributed by atoms with Crippen LogP contribution < -0.4 is 5.32 Å². The van der Waals surface area contributed by atoms with Gasteiger partial charge in [-0.25, -0.2) is 0 Å². The predicted molar refractivity (Wildman–Crippen MR) is 91.1 cm³/mol. The van der Waals surface area contributed by atoms with E-state index in [0.717, 1.165) is 23.2 Å². The summed E-state index contributed by atoms with van der Waals surface area (Å²) in [6.45, 7) is 6.54. The summed E-state index contributed by atoms with van der Waals surface area (Å²) in [5.74, 6) is 0. The Bertz CT molecular complexity index is 556. The zero-order valence-electron chi connectivity index (χ0n) is 12.5. The van der Waals surface area contributed by atoms with Crippen LogP contribution in [0.2, 0.25) is 0 Å². The Morgan fingerprint density at radius 1 is 1.10 bits per heavy atom. The van der Waals surface area contributed by atoms with Crippen molar-refractivity contribution in [2.24, 2.45) is 0 Å². The van der Waals surface area contributed by atoms with E-state index < -0.39 is 0 Å². The van der Waals surface area contributed by atoms with E-state index in [1.807, 2.05) is 11.3 Å². The number of hydrogen-bond donors (Lipinski definition) is 1. The Kier molecular flexibility index (Phi) is 5.22. The summed E-state index contributed by atoms with van der Waals surface area (Å²) in [5, 5.41) is 13.6. The van der Waals surface area contributed by atoms with Crippen LogP contribution in [0, 0.1) is 0 Å². The minimum atomic E-state index is 0.888. The normalized spacial score (nSPS) is 16.8. The summed E-state index contributed by atoms with van der Waals surface area (Å²) < 4.78 is 0. The van der Waals surface area contributed by atoms with Gasteiger partial charge < -0.3 is 5.32 Å². The van der Waals surface area contributed by atoms with E-state index in [9.17, 15) is 0 Å². The Morgan fingerprint density at radius 2 is 1.90 bits per heavy atom. The molecule has 0 aliphatic carbocycles. The van der Waals surface area contributed by atoms with Gasteiger partial charge in [-0.1, -0.05) is 24.2 Å². The fraction of sp³-hybridized carbons (Fsp3) is 0.600. The molecule has 3 heterocycles. The van der Waals surface area contributed by atoms with E-state index in [1.165, 1.54) is 48.5 Å². The first-order chi connectivity index (χ1) is 10.3. The van der Waals surface area contributed by atoms with Crippen LogP contribution in [-0.2, 0) is 6.54 Å². The molecule has 2 aromatic rings. The number of nitrogens with one attached hydrogen (secondary N) is 1. The van der Waals surface area contributed by atoms with Gasteiger partial charge in [-0.05, 0) is 45.0 Å². The zero-order valence-corrected chi connectivity index (χ0v) is 14.1. The highest BCUT2D eigenvalue weighted by atomic mass is 32.1. The Labute approximate surface area is 134 Å². The molecular formula is C15H22N4S2. The maximum Gasteiger partial charge on any atom is 0.206 e. The molecule has 6 heteroatoms. The van der Waals surface area contributed by atoms with Crippen LogP contribution in [0.3, 0.4) is 0 Å². The van der Waals surface area contributed by atoms with E-state index in [-0.39, 0.29) is 0 Å². The quantitative estimate of drug-likeness (QED) is 0.901. The highest BCUT2D eigenvalue weighted by Crippen LogP contribution is 2.32. The van der Waals surface area contributed by atoms with Gasteiger partial charge in [-0.2, -0.15) is 0 Å². The van der Waals surface area contributed by atoms with E-state index >= 15 is 0 Å². The van der Waals surface area contributed by atoms with Crippen molar-refractivity contribution in [2.45, 2.75) is 39.2 Å². The maximum absolute atomic E-state index is 4.28. The number of anilines is 1. The molecule has 21 heavy (non-hydrogen) atoms. The van der Waals surface area contributed by atoms with Crippen LogP contribution in [0.4, 0.5) is 5.13 Å². The zero-order chi connectivity index (χ0) is 14.5. The summed E-state index contributed by atoms with van der Waals surface area (Å²) in [5.41, 5.74) is 0. The van der Waals surface area contributed by atoms with Crippen LogP contribution in [0.5, 0.6) is 0 Å². The molecule has 2 aromatic heterocycles. The maximum atomic E-state index is 4.28. The summed E-state index contributed by atoms with van der Waals surface area (Å²) in [7, 11) is 0. The Hall–Kier alpha value is -0.980. The minimum Gasteiger partial charge on any atom is -0.360 e. The third-order valence-electron chi connectivity index (χ3n) is 3.70. The Balaban J connectivity index is 1.64. The van der Waals surface area contributed by atoms with Crippen molar-refractivity contribution in [1.29, 1.82) is 0 Å². The first-order valence-electron chi connectivity index (χ1n) is 7.74. The summed E-state index contributed by atoms with van der Waals surface area (Å²) in [4.78, 5) is 5.26. The number of thiophene rings is 1. The van der Waals surface area contributed by atoms with Gasteiger partial charge in [0.2, 0.25) is 5.13 Å². The van der Waals surface area contributed by atoms with Crippen molar-refractivity contribution in [1.82, 2.24) is 15.1 Å². The van der Waals surface area contributed by atoms with Gasteiger partial charge in [0, 0.05) is 18.0 Å². The van der Waals surface area contributed by atoms with Crippen LogP contribution in [0.25, 0.3) is 9.88 Å². The predicted octanol–water partition coefficient (Wildman–Crippen LogP) is 4.07. The van der Waals surface area contributed by atoms with Gasteiger partial charge in [-0.15, -0.1) is 21.5 Å². The topological polar surface area (TPSA) is 41.1 Å². The lowest BCUT2D eigenvalue weighted by Gasteiger charge is -2.18. The van der Waals surface area contributed by atoms with Crippen molar-refractivity contribution >= 4 is 27.8 Å². The molecule has 0 bridgehead atoms. The first kappa shape index (κ1) is 14.9. The average Bonchev–Trinajstić information content (AvgIpc) is 3.05. The monoisotopic (exact) mass is 322 g/mol.